The molecule has 20 heavy (non-hydrogen) atoms. The van der Waals surface area contributed by atoms with Crippen LogP contribution in [0.25, 0.3) is 0 Å². The molecule has 0 saturated heterocycles. The first-order valence-corrected chi connectivity index (χ1v) is 8.38. The van der Waals surface area contributed by atoms with Crippen LogP contribution in [-0.2, 0) is 10.0 Å². The molecule has 1 N–H and O–H groups in total. The van der Waals surface area contributed by atoms with Gasteiger partial charge in [0.25, 0.3) is 10.0 Å². The van der Waals surface area contributed by atoms with Crippen molar-refractivity contribution >= 4 is 50.2 Å². The fourth-order valence-corrected chi connectivity index (χ4v) is 4.83. The zero-order valence-corrected chi connectivity index (χ0v) is 13.3. The summed E-state index contributed by atoms with van der Waals surface area (Å²) in [4.78, 5) is -0.0976. The van der Waals surface area contributed by atoms with Gasteiger partial charge in [0.05, 0.1) is 15.6 Å². The minimum absolute atomic E-state index is 0.0775. The number of hydrogen-bond donors (Lipinski definition) is 1. The van der Waals surface area contributed by atoms with Crippen LogP contribution in [0.4, 0.5) is 5.69 Å². The molecule has 4 nitrogen and oxygen atoms in total. The number of nitrogens with one attached hydrogen (secondary N) is 1. The summed E-state index contributed by atoms with van der Waals surface area (Å²) in [6.45, 7) is 1.73. The Hall–Kier alpha value is -1.26. The average Bonchev–Trinajstić information content (AvgIpc) is 2.69. The van der Waals surface area contributed by atoms with Crippen molar-refractivity contribution in [2.24, 2.45) is 0 Å². The highest BCUT2D eigenvalue weighted by Crippen LogP contribution is 2.35. The van der Waals surface area contributed by atoms with Crippen molar-refractivity contribution in [3.05, 3.63) is 44.1 Å². The molecule has 0 aliphatic rings. The number of benzene rings is 1. The van der Waals surface area contributed by atoms with Gasteiger partial charge in [-0.05, 0) is 24.6 Å². The average molecular weight is 347 g/mol. The molecule has 0 bridgehead atoms. The molecule has 104 valence electrons. The van der Waals surface area contributed by atoms with Crippen LogP contribution in [-0.4, -0.2) is 8.42 Å². The topological polar surface area (TPSA) is 70.0 Å². The summed E-state index contributed by atoms with van der Waals surface area (Å²) in [7, 11) is -3.88. The molecule has 0 unspecified atom stereocenters. The number of sulfonamides is 1. The third kappa shape index (κ3) is 2.91. The van der Waals surface area contributed by atoms with E-state index in [-0.39, 0.29) is 24.8 Å². The molecule has 0 aliphatic carbocycles. The first kappa shape index (κ1) is 15.1. The fourth-order valence-electron chi connectivity index (χ4n) is 1.61. The normalized spacial score (nSPS) is 11.1. The summed E-state index contributed by atoms with van der Waals surface area (Å²) in [5.74, 6) is 0. The lowest BCUT2D eigenvalue weighted by molar-refractivity contribution is 0.601. The van der Waals surface area contributed by atoms with E-state index in [2.05, 4.69) is 4.72 Å². The molecule has 0 radical (unpaired) electrons. The zero-order valence-electron chi connectivity index (χ0n) is 10.1. The van der Waals surface area contributed by atoms with E-state index in [1.807, 2.05) is 6.07 Å². The molecular formula is C12H8Cl2N2O2S2. The van der Waals surface area contributed by atoms with Gasteiger partial charge in [0.1, 0.15) is 15.3 Å². The van der Waals surface area contributed by atoms with E-state index in [9.17, 15) is 8.42 Å². The molecule has 1 aromatic carbocycles. The van der Waals surface area contributed by atoms with Crippen LogP contribution < -0.4 is 4.72 Å². The highest BCUT2D eigenvalue weighted by Gasteiger charge is 2.22. The summed E-state index contributed by atoms with van der Waals surface area (Å²) < 4.78 is 27.2. The largest absolute Gasteiger partial charge is 0.278 e. The van der Waals surface area contributed by atoms with E-state index >= 15 is 0 Å². The number of halogens is 2. The third-order valence-corrected chi connectivity index (χ3v) is 5.66. The van der Waals surface area contributed by atoms with E-state index in [4.69, 9.17) is 28.5 Å². The number of nitrogens with zero attached hydrogens (tertiary/aromatic N) is 1. The lowest BCUT2D eigenvalue weighted by Crippen LogP contribution is -2.13. The lowest BCUT2D eigenvalue weighted by atomic mass is 10.1. The quantitative estimate of drug-likeness (QED) is 0.911. The molecule has 0 spiro atoms. The molecule has 2 rings (SSSR count). The summed E-state index contributed by atoms with van der Waals surface area (Å²) >= 11 is 12.6. The molecule has 0 aliphatic heterocycles. The minimum Gasteiger partial charge on any atom is -0.278 e. The van der Waals surface area contributed by atoms with Crippen molar-refractivity contribution in [3.8, 4) is 6.07 Å². The molecule has 0 amide bonds. The van der Waals surface area contributed by atoms with Crippen molar-refractivity contribution in [2.75, 3.05) is 4.72 Å². The number of nitriles is 1. The smallest absolute Gasteiger partial charge is 0.264 e. The maximum absolute atomic E-state index is 12.3. The Kier molecular flexibility index (Phi) is 4.25. The van der Waals surface area contributed by atoms with Gasteiger partial charge in [-0.3, -0.25) is 4.72 Å². The van der Waals surface area contributed by atoms with Crippen LogP contribution in [0.15, 0.2) is 29.2 Å². The maximum atomic E-state index is 12.3. The monoisotopic (exact) mass is 346 g/mol. The number of rotatable bonds is 3. The minimum atomic E-state index is -3.88. The van der Waals surface area contributed by atoms with Gasteiger partial charge in [-0.2, -0.15) is 5.26 Å². The van der Waals surface area contributed by atoms with E-state index in [1.54, 1.807) is 19.1 Å². The standard InChI is InChI=1S/C12H8Cl2N2O2S2/c1-7-3-2-4-9(8(7)6-15)16-20(17,18)10-5-11(13)19-12(10)14/h2-5,16H,1H3. The van der Waals surface area contributed by atoms with Gasteiger partial charge in [-0.25, -0.2) is 8.42 Å². The number of aryl methyl sites for hydroxylation is 1. The predicted molar refractivity (Wildman–Crippen MR) is 81.0 cm³/mol. The van der Waals surface area contributed by atoms with E-state index in [1.165, 1.54) is 12.1 Å². The van der Waals surface area contributed by atoms with Crippen LogP contribution >= 0.6 is 34.5 Å². The second kappa shape index (κ2) is 5.62. The molecule has 1 heterocycles. The predicted octanol–water partition coefficient (Wildman–Crippen LogP) is 4.04. The van der Waals surface area contributed by atoms with Crippen LogP contribution in [0.1, 0.15) is 11.1 Å². The Balaban J connectivity index is 2.47. The van der Waals surface area contributed by atoms with Crippen molar-refractivity contribution < 1.29 is 8.42 Å². The third-order valence-electron chi connectivity index (χ3n) is 2.54. The van der Waals surface area contributed by atoms with Gasteiger partial charge < -0.3 is 0 Å². The van der Waals surface area contributed by atoms with Gasteiger partial charge in [0.2, 0.25) is 0 Å². The van der Waals surface area contributed by atoms with Gasteiger partial charge in [0.15, 0.2) is 0 Å². The Labute approximate surface area is 130 Å². The first-order chi connectivity index (χ1) is 9.35. The van der Waals surface area contributed by atoms with Crippen molar-refractivity contribution in [3.63, 3.8) is 0 Å². The van der Waals surface area contributed by atoms with Crippen molar-refractivity contribution in [2.45, 2.75) is 11.8 Å². The maximum Gasteiger partial charge on any atom is 0.264 e. The Bertz CT molecular complexity index is 807. The van der Waals surface area contributed by atoms with Crippen LogP contribution in [0, 0.1) is 18.3 Å². The molecular weight excluding hydrogens is 339 g/mol. The van der Waals surface area contributed by atoms with Crippen LogP contribution in [0.3, 0.4) is 0 Å². The van der Waals surface area contributed by atoms with Crippen molar-refractivity contribution in [1.82, 2.24) is 0 Å². The number of thiophene rings is 1. The van der Waals surface area contributed by atoms with Crippen LogP contribution in [0.2, 0.25) is 8.67 Å². The lowest BCUT2D eigenvalue weighted by Gasteiger charge is -2.10. The second-order valence-corrected chi connectivity index (χ2v) is 7.84. The molecule has 1 aromatic heterocycles. The van der Waals surface area contributed by atoms with E-state index < -0.39 is 10.0 Å². The SMILES string of the molecule is Cc1cccc(NS(=O)(=O)c2cc(Cl)sc2Cl)c1C#N. The van der Waals surface area contributed by atoms with E-state index in [0.717, 1.165) is 11.3 Å². The molecule has 8 heteroatoms. The first-order valence-electron chi connectivity index (χ1n) is 5.32. The molecule has 2 aromatic rings. The molecule has 0 fully saturated rings. The number of anilines is 1. The van der Waals surface area contributed by atoms with E-state index in [0.29, 0.717) is 5.56 Å². The summed E-state index contributed by atoms with van der Waals surface area (Å²) in [5.41, 5.74) is 1.17. The zero-order chi connectivity index (χ0) is 14.9. The molecule has 0 atom stereocenters. The number of hydrogen-bond acceptors (Lipinski definition) is 4. The fraction of sp³-hybridized carbons (Fsp3) is 0.0833. The van der Waals surface area contributed by atoms with Gasteiger partial charge in [0, 0.05) is 0 Å². The second-order valence-electron chi connectivity index (χ2n) is 3.90. The Morgan fingerprint density at radius 2 is 2.05 bits per heavy atom. The van der Waals surface area contributed by atoms with Crippen LogP contribution in [0.5, 0.6) is 0 Å². The summed E-state index contributed by atoms with van der Waals surface area (Å²) in [6.07, 6.45) is 0. The van der Waals surface area contributed by atoms with Gasteiger partial charge >= 0.3 is 0 Å². The Morgan fingerprint density at radius 1 is 1.35 bits per heavy atom. The van der Waals surface area contributed by atoms with Gasteiger partial charge in [-0.1, -0.05) is 35.3 Å². The highest BCUT2D eigenvalue weighted by atomic mass is 35.5. The van der Waals surface area contributed by atoms with Crippen molar-refractivity contribution in [1.29, 1.82) is 5.26 Å². The summed E-state index contributed by atoms with van der Waals surface area (Å²) in [5, 5.41) is 9.10. The highest BCUT2D eigenvalue weighted by molar-refractivity contribution is 7.93. The summed E-state index contributed by atoms with van der Waals surface area (Å²) in [6, 6.07) is 8.16. The Morgan fingerprint density at radius 3 is 2.60 bits per heavy atom. The molecule has 0 saturated carbocycles. The van der Waals surface area contributed by atoms with Gasteiger partial charge in [-0.15, -0.1) is 11.3 Å².